The molecule has 0 atom stereocenters. The lowest BCUT2D eigenvalue weighted by Crippen LogP contribution is -2.19. The van der Waals surface area contributed by atoms with Crippen molar-refractivity contribution in [3.63, 3.8) is 0 Å². The maximum Gasteiger partial charge on any atom is 0.217 e. The number of benzene rings is 1. The smallest absolute Gasteiger partial charge is 0.217 e. The average molecular weight is 217 g/mol. The van der Waals surface area contributed by atoms with E-state index >= 15 is 0 Å². The monoisotopic (exact) mass is 217 g/mol. The Hall–Kier alpha value is -1.57. The third kappa shape index (κ3) is 4.78. The van der Waals surface area contributed by atoms with Gasteiger partial charge in [-0.25, -0.2) is 0 Å². The molecule has 2 heteroatoms. The normalized spacial score (nSPS) is 10.6. The Balaban J connectivity index is 2.45. The zero-order valence-electron chi connectivity index (χ0n) is 9.99. The van der Waals surface area contributed by atoms with Crippen molar-refractivity contribution in [1.29, 1.82) is 0 Å². The van der Waals surface area contributed by atoms with Crippen molar-refractivity contribution < 1.29 is 4.79 Å². The minimum absolute atomic E-state index is 0.00273. The zero-order chi connectivity index (χ0) is 11.8. The molecular formula is C14H19NO. The molecule has 0 aromatic heterocycles. The predicted molar refractivity (Wildman–Crippen MR) is 68.2 cm³/mol. The van der Waals surface area contributed by atoms with Crippen LogP contribution in [0, 0.1) is 0 Å². The summed E-state index contributed by atoms with van der Waals surface area (Å²) in [4.78, 5) is 10.6. The summed E-state index contributed by atoms with van der Waals surface area (Å²) < 4.78 is 0. The Kier molecular flexibility index (Phi) is 5.34. The van der Waals surface area contributed by atoms with Gasteiger partial charge in [-0.2, -0.15) is 0 Å². The Morgan fingerprint density at radius 1 is 1.31 bits per heavy atom. The second-order valence-electron chi connectivity index (χ2n) is 3.83. The molecule has 2 nitrogen and oxygen atoms in total. The van der Waals surface area contributed by atoms with Crippen LogP contribution in [0.5, 0.6) is 0 Å². The SMILES string of the molecule is CCCc1ccc(C=CCNC(C)=O)cc1. The van der Waals surface area contributed by atoms with Crippen LogP contribution < -0.4 is 5.32 Å². The van der Waals surface area contributed by atoms with Gasteiger partial charge in [-0.1, -0.05) is 49.8 Å². The molecule has 0 saturated carbocycles. The van der Waals surface area contributed by atoms with Crippen LogP contribution in [0.25, 0.3) is 6.08 Å². The first-order valence-corrected chi connectivity index (χ1v) is 5.72. The van der Waals surface area contributed by atoms with E-state index in [1.54, 1.807) is 0 Å². The molecule has 0 radical (unpaired) electrons. The summed E-state index contributed by atoms with van der Waals surface area (Å²) >= 11 is 0. The minimum Gasteiger partial charge on any atom is -0.353 e. The minimum atomic E-state index is 0.00273. The van der Waals surface area contributed by atoms with Crippen LogP contribution in [-0.2, 0) is 11.2 Å². The fourth-order valence-corrected chi connectivity index (χ4v) is 1.48. The number of nitrogens with one attached hydrogen (secondary N) is 1. The van der Waals surface area contributed by atoms with Gasteiger partial charge in [0.1, 0.15) is 0 Å². The third-order valence-electron chi connectivity index (χ3n) is 2.30. The van der Waals surface area contributed by atoms with Gasteiger partial charge in [0.2, 0.25) is 5.91 Å². The molecule has 0 bridgehead atoms. The zero-order valence-corrected chi connectivity index (χ0v) is 9.99. The first kappa shape index (κ1) is 12.5. The second-order valence-corrected chi connectivity index (χ2v) is 3.83. The summed E-state index contributed by atoms with van der Waals surface area (Å²) in [5, 5.41) is 2.72. The van der Waals surface area contributed by atoms with Crippen LogP contribution in [-0.4, -0.2) is 12.5 Å². The number of carbonyl (C=O) groups excluding carboxylic acids is 1. The molecule has 0 aliphatic heterocycles. The summed E-state index contributed by atoms with van der Waals surface area (Å²) in [5.74, 6) is 0.00273. The van der Waals surface area contributed by atoms with Gasteiger partial charge in [-0.05, 0) is 17.5 Å². The van der Waals surface area contributed by atoms with E-state index in [4.69, 9.17) is 0 Å². The molecule has 0 aliphatic rings. The van der Waals surface area contributed by atoms with Gasteiger partial charge in [-0.3, -0.25) is 4.79 Å². The van der Waals surface area contributed by atoms with E-state index in [1.807, 2.05) is 12.2 Å². The van der Waals surface area contributed by atoms with Crippen molar-refractivity contribution in [1.82, 2.24) is 5.32 Å². The predicted octanol–water partition coefficient (Wildman–Crippen LogP) is 2.79. The molecule has 0 saturated heterocycles. The van der Waals surface area contributed by atoms with Crippen LogP contribution in [0.2, 0.25) is 0 Å². The molecule has 1 rings (SSSR count). The Bertz CT molecular complexity index is 352. The Morgan fingerprint density at radius 2 is 2.00 bits per heavy atom. The standard InChI is InChI=1S/C14H19NO/c1-3-5-13-7-9-14(10-8-13)6-4-11-15-12(2)16/h4,6-10H,3,5,11H2,1-2H3,(H,15,16). The lowest BCUT2D eigenvalue weighted by atomic mass is 10.1. The van der Waals surface area contributed by atoms with Crippen molar-refractivity contribution in [2.45, 2.75) is 26.7 Å². The first-order valence-electron chi connectivity index (χ1n) is 5.72. The van der Waals surface area contributed by atoms with Crippen LogP contribution in [0.1, 0.15) is 31.4 Å². The van der Waals surface area contributed by atoms with E-state index in [0.29, 0.717) is 6.54 Å². The highest BCUT2D eigenvalue weighted by atomic mass is 16.1. The molecule has 0 spiro atoms. The number of hydrogen-bond donors (Lipinski definition) is 1. The van der Waals surface area contributed by atoms with Crippen LogP contribution in [0.15, 0.2) is 30.3 Å². The fraction of sp³-hybridized carbons (Fsp3) is 0.357. The molecule has 1 aromatic rings. The first-order chi connectivity index (χ1) is 7.72. The summed E-state index contributed by atoms with van der Waals surface area (Å²) in [6, 6.07) is 8.52. The van der Waals surface area contributed by atoms with Crippen molar-refractivity contribution in [3.8, 4) is 0 Å². The molecule has 16 heavy (non-hydrogen) atoms. The topological polar surface area (TPSA) is 29.1 Å². The van der Waals surface area contributed by atoms with Crippen molar-refractivity contribution in [3.05, 3.63) is 41.5 Å². The summed E-state index contributed by atoms with van der Waals surface area (Å²) in [5.41, 5.74) is 2.55. The Morgan fingerprint density at radius 3 is 2.56 bits per heavy atom. The number of rotatable bonds is 5. The lowest BCUT2D eigenvalue weighted by Gasteiger charge is -1.99. The largest absolute Gasteiger partial charge is 0.353 e. The van der Waals surface area contributed by atoms with Gasteiger partial charge >= 0.3 is 0 Å². The van der Waals surface area contributed by atoms with Gasteiger partial charge in [0.05, 0.1) is 0 Å². The van der Waals surface area contributed by atoms with Crippen LogP contribution >= 0.6 is 0 Å². The molecular weight excluding hydrogens is 198 g/mol. The van der Waals surface area contributed by atoms with Crippen LogP contribution in [0.4, 0.5) is 0 Å². The van der Waals surface area contributed by atoms with E-state index in [9.17, 15) is 4.79 Å². The van der Waals surface area contributed by atoms with Gasteiger partial charge in [0.15, 0.2) is 0 Å². The maximum atomic E-state index is 10.6. The van der Waals surface area contributed by atoms with E-state index < -0.39 is 0 Å². The molecule has 0 heterocycles. The van der Waals surface area contributed by atoms with Crippen molar-refractivity contribution in [2.24, 2.45) is 0 Å². The van der Waals surface area contributed by atoms with Gasteiger partial charge in [0.25, 0.3) is 0 Å². The van der Waals surface area contributed by atoms with Crippen molar-refractivity contribution in [2.75, 3.05) is 6.54 Å². The summed E-state index contributed by atoms with van der Waals surface area (Å²) in [6.45, 7) is 4.29. The Labute approximate surface area is 97.4 Å². The summed E-state index contributed by atoms with van der Waals surface area (Å²) in [6.07, 6.45) is 6.29. The molecule has 0 unspecified atom stereocenters. The highest BCUT2D eigenvalue weighted by Gasteiger charge is 1.91. The summed E-state index contributed by atoms with van der Waals surface area (Å²) in [7, 11) is 0. The lowest BCUT2D eigenvalue weighted by molar-refractivity contribution is -0.118. The quantitative estimate of drug-likeness (QED) is 0.807. The second kappa shape index (κ2) is 6.83. The van der Waals surface area contributed by atoms with Crippen molar-refractivity contribution >= 4 is 12.0 Å². The van der Waals surface area contributed by atoms with Gasteiger partial charge < -0.3 is 5.32 Å². The highest BCUT2D eigenvalue weighted by molar-refractivity contribution is 5.73. The number of aryl methyl sites for hydroxylation is 1. The maximum absolute atomic E-state index is 10.6. The third-order valence-corrected chi connectivity index (χ3v) is 2.30. The molecule has 1 amide bonds. The van der Waals surface area contributed by atoms with E-state index in [2.05, 4.69) is 36.5 Å². The number of carbonyl (C=O) groups is 1. The van der Waals surface area contributed by atoms with E-state index in [-0.39, 0.29) is 5.91 Å². The number of amides is 1. The van der Waals surface area contributed by atoms with E-state index in [0.717, 1.165) is 6.42 Å². The molecule has 1 aromatic carbocycles. The number of hydrogen-bond acceptors (Lipinski definition) is 1. The molecule has 1 N–H and O–H groups in total. The molecule has 0 fully saturated rings. The van der Waals surface area contributed by atoms with Crippen LogP contribution in [0.3, 0.4) is 0 Å². The molecule has 86 valence electrons. The highest BCUT2D eigenvalue weighted by Crippen LogP contribution is 2.07. The van der Waals surface area contributed by atoms with Gasteiger partial charge in [0, 0.05) is 13.5 Å². The molecule has 0 aliphatic carbocycles. The van der Waals surface area contributed by atoms with Gasteiger partial charge in [-0.15, -0.1) is 0 Å². The average Bonchev–Trinajstić information content (AvgIpc) is 2.27. The fourth-order valence-electron chi connectivity index (χ4n) is 1.48. The van der Waals surface area contributed by atoms with E-state index in [1.165, 1.54) is 24.5 Å².